The standard InChI is InChI=1S/C23H44N2/c1-4-6-7-8-9-10-11-12-13-14-15-16-17-18-19-23(3,5-2)25-21-20-24-22-25/h12-13,22H,4-11,14-21H2,1-3H3/p+1/b13-12-. The number of nitrogens with zero attached hydrogens (tertiary/aromatic N) is 1. The Morgan fingerprint density at radius 2 is 1.48 bits per heavy atom. The first kappa shape index (κ1) is 22.3. The van der Waals surface area contributed by atoms with Crippen LogP contribution >= 0.6 is 0 Å². The van der Waals surface area contributed by atoms with Crippen LogP contribution in [0, 0.1) is 0 Å². The van der Waals surface area contributed by atoms with Gasteiger partial charge in [0.25, 0.3) is 0 Å². The van der Waals surface area contributed by atoms with E-state index in [2.05, 4.69) is 49.2 Å². The van der Waals surface area contributed by atoms with Crippen molar-refractivity contribution in [1.82, 2.24) is 5.32 Å². The van der Waals surface area contributed by atoms with Crippen molar-refractivity contribution in [2.24, 2.45) is 0 Å². The molecule has 0 spiro atoms. The molecule has 0 aromatic carbocycles. The van der Waals surface area contributed by atoms with E-state index in [1.54, 1.807) is 0 Å². The summed E-state index contributed by atoms with van der Waals surface area (Å²) >= 11 is 0. The average molecular weight is 350 g/mol. The molecule has 0 aromatic heterocycles. The zero-order valence-corrected chi connectivity index (χ0v) is 17.5. The molecule has 1 N–H and O–H groups in total. The van der Waals surface area contributed by atoms with Crippen molar-refractivity contribution in [3.8, 4) is 0 Å². The molecule has 0 saturated carbocycles. The predicted molar refractivity (Wildman–Crippen MR) is 113 cm³/mol. The van der Waals surface area contributed by atoms with E-state index in [1.165, 1.54) is 96.4 Å². The van der Waals surface area contributed by atoms with Gasteiger partial charge in [-0.2, -0.15) is 0 Å². The summed E-state index contributed by atoms with van der Waals surface area (Å²) in [6, 6.07) is 0. The Morgan fingerprint density at radius 1 is 0.880 bits per heavy atom. The highest BCUT2D eigenvalue weighted by Gasteiger charge is 2.31. The average Bonchev–Trinajstić information content (AvgIpc) is 3.17. The lowest BCUT2D eigenvalue weighted by atomic mass is 9.90. The van der Waals surface area contributed by atoms with Gasteiger partial charge in [0.05, 0.1) is 0 Å². The van der Waals surface area contributed by atoms with E-state index >= 15 is 0 Å². The molecule has 2 heteroatoms. The smallest absolute Gasteiger partial charge is 0.232 e. The van der Waals surface area contributed by atoms with Crippen LogP contribution in [0.5, 0.6) is 0 Å². The highest BCUT2D eigenvalue weighted by molar-refractivity contribution is 5.49. The molecule has 2 nitrogen and oxygen atoms in total. The second-order valence-corrected chi connectivity index (χ2v) is 8.11. The van der Waals surface area contributed by atoms with Crippen LogP contribution in [-0.2, 0) is 0 Å². The highest BCUT2D eigenvalue weighted by Crippen LogP contribution is 2.23. The van der Waals surface area contributed by atoms with Crippen LogP contribution < -0.4 is 5.32 Å². The largest absolute Gasteiger partial charge is 0.277 e. The molecule has 1 aliphatic rings. The zero-order valence-electron chi connectivity index (χ0n) is 17.5. The fourth-order valence-electron chi connectivity index (χ4n) is 3.77. The normalized spacial score (nSPS) is 16.8. The van der Waals surface area contributed by atoms with Crippen molar-refractivity contribution in [2.75, 3.05) is 13.1 Å². The number of allylic oxidation sites excluding steroid dienone is 2. The van der Waals surface area contributed by atoms with Gasteiger partial charge in [0.15, 0.2) is 0 Å². The van der Waals surface area contributed by atoms with E-state index in [4.69, 9.17) is 0 Å². The van der Waals surface area contributed by atoms with Gasteiger partial charge < -0.3 is 0 Å². The van der Waals surface area contributed by atoms with Crippen molar-refractivity contribution in [3.63, 3.8) is 0 Å². The third kappa shape index (κ3) is 10.1. The monoisotopic (exact) mass is 349 g/mol. The van der Waals surface area contributed by atoms with E-state index in [-0.39, 0.29) is 0 Å². The molecule has 0 bridgehead atoms. The molecule has 0 amide bonds. The van der Waals surface area contributed by atoms with Crippen LogP contribution in [0.3, 0.4) is 0 Å². The van der Waals surface area contributed by atoms with E-state index in [0.29, 0.717) is 5.54 Å². The minimum atomic E-state index is 0.362. The third-order valence-corrected chi connectivity index (χ3v) is 5.93. The molecule has 0 fully saturated rings. The lowest BCUT2D eigenvalue weighted by Gasteiger charge is -2.27. The summed E-state index contributed by atoms with van der Waals surface area (Å²) in [5.74, 6) is 0. The van der Waals surface area contributed by atoms with Crippen LogP contribution in [0.4, 0.5) is 0 Å². The van der Waals surface area contributed by atoms with Crippen LogP contribution in [0.15, 0.2) is 12.2 Å². The summed E-state index contributed by atoms with van der Waals surface area (Å²) in [6.07, 6.45) is 26.2. The van der Waals surface area contributed by atoms with Crippen LogP contribution in [-0.4, -0.2) is 29.5 Å². The first-order valence-electron chi connectivity index (χ1n) is 11.2. The van der Waals surface area contributed by atoms with Crippen LogP contribution in [0.25, 0.3) is 0 Å². The fourth-order valence-corrected chi connectivity index (χ4v) is 3.77. The van der Waals surface area contributed by atoms with Crippen LogP contribution in [0.1, 0.15) is 111 Å². The second kappa shape index (κ2) is 14.4. The maximum atomic E-state index is 3.36. The van der Waals surface area contributed by atoms with Gasteiger partial charge in [-0.15, -0.1) is 0 Å². The van der Waals surface area contributed by atoms with Gasteiger partial charge in [-0.1, -0.05) is 70.9 Å². The van der Waals surface area contributed by atoms with E-state index in [1.807, 2.05) is 0 Å². The van der Waals surface area contributed by atoms with Gasteiger partial charge in [0.1, 0.15) is 18.6 Å². The van der Waals surface area contributed by atoms with Crippen molar-refractivity contribution in [2.45, 2.75) is 116 Å². The van der Waals surface area contributed by atoms with Crippen molar-refractivity contribution < 1.29 is 4.58 Å². The Bertz CT molecular complexity index is 372. The summed E-state index contributed by atoms with van der Waals surface area (Å²) in [5, 5.41) is 3.36. The van der Waals surface area contributed by atoms with Crippen LogP contribution in [0.2, 0.25) is 0 Å². The first-order chi connectivity index (χ1) is 12.2. The molecule has 0 radical (unpaired) electrons. The maximum absolute atomic E-state index is 3.36. The Labute approximate surface area is 158 Å². The third-order valence-electron chi connectivity index (χ3n) is 5.93. The molecule has 1 atom stereocenters. The summed E-state index contributed by atoms with van der Waals surface area (Å²) in [4.78, 5) is 0. The molecule has 146 valence electrons. The summed E-state index contributed by atoms with van der Waals surface area (Å²) < 4.78 is 2.53. The van der Waals surface area contributed by atoms with Gasteiger partial charge >= 0.3 is 0 Å². The first-order valence-corrected chi connectivity index (χ1v) is 11.2. The molecular formula is C23H45N2+. The van der Waals surface area contributed by atoms with Crippen molar-refractivity contribution in [3.05, 3.63) is 12.2 Å². The van der Waals surface area contributed by atoms with Gasteiger partial charge in [-0.25, -0.2) is 0 Å². The fraction of sp³-hybridized carbons (Fsp3) is 0.870. The summed E-state index contributed by atoms with van der Waals surface area (Å²) in [6.45, 7) is 9.34. The lowest BCUT2D eigenvalue weighted by molar-refractivity contribution is -0.595. The molecule has 1 rings (SSSR count). The highest BCUT2D eigenvalue weighted by atomic mass is 15.2. The van der Waals surface area contributed by atoms with Crippen molar-refractivity contribution >= 4 is 6.34 Å². The Kier molecular flexibility index (Phi) is 12.8. The molecule has 1 heterocycles. The molecule has 0 aliphatic carbocycles. The minimum absolute atomic E-state index is 0.362. The van der Waals surface area contributed by atoms with Gasteiger partial charge in [-0.05, 0) is 51.9 Å². The Balaban J connectivity index is 1.93. The SMILES string of the molecule is CCCCCCCC/C=C\CCCCCCC(C)(CC)[N+]1=CNCC1. The van der Waals surface area contributed by atoms with E-state index < -0.39 is 0 Å². The minimum Gasteiger partial charge on any atom is -0.277 e. The number of hydrogen-bond acceptors (Lipinski definition) is 1. The molecule has 25 heavy (non-hydrogen) atoms. The zero-order chi connectivity index (χ0) is 18.2. The molecule has 0 aromatic rings. The molecular weight excluding hydrogens is 304 g/mol. The number of unbranched alkanes of at least 4 members (excludes halogenated alkanes) is 10. The number of nitrogens with one attached hydrogen (secondary N) is 1. The summed E-state index contributed by atoms with van der Waals surface area (Å²) in [7, 11) is 0. The molecule has 1 unspecified atom stereocenters. The lowest BCUT2D eigenvalue weighted by Crippen LogP contribution is -2.38. The quantitative estimate of drug-likeness (QED) is 0.192. The van der Waals surface area contributed by atoms with Gasteiger partial charge in [0.2, 0.25) is 6.34 Å². The van der Waals surface area contributed by atoms with Gasteiger partial charge in [-0.3, -0.25) is 9.89 Å². The predicted octanol–water partition coefficient (Wildman–Crippen LogP) is 6.45. The Hall–Kier alpha value is -0.790. The van der Waals surface area contributed by atoms with Gasteiger partial charge in [0, 0.05) is 0 Å². The van der Waals surface area contributed by atoms with E-state index in [0.717, 1.165) is 6.54 Å². The number of rotatable bonds is 16. The van der Waals surface area contributed by atoms with Crippen molar-refractivity contribution in [1.29, 1.82) is 0 Å². The molecule has 0 saturated heterocycles. The van der Waals surface area contributed by atoms with E-state index in [9.17, 15) is 0 Å². The summed E-state index contributed by atoms with van der Waals surface area (Å²) in [5.41, 5.74) is 0.362. The number of hydrogen-bond donors (Lipinski definition) is 1. The maximum Gasteiger partial charge on any atom is 0.232 e. The Morgan fingerprint density at radius 3 is 2.04 bits per heavy atom. The topological polar surface area (TPSA) is 15.0 Å². The second-order valence-electron chi connectivity index (χ2n) is 8.11. The molecule has 1 aliphatic heterocycles.